The Morgan fingerprint density at radius 3 is 2.72 bits per heavy atom. The third kappa shape index (κ3) is 4.83. The highest BCUT2D eigenvalue weighted by Crippen LogP contribution is 2.12. The molecule has 102 valence electrons. The van der Waals surface area contributed by atoms with E-state index in [1.807, 2.05) is 6.26 Å². The minimum absolute atomic E-state index is 0.00958. The molecule has 0 bridgehead atoms. The highest BCUT2D eigenvalue weighted by molar-refractivity contribution is 7.98. The van der Waals surface area contributed by atoms with Gasteiger partial charge in [-0.05, 0) is 37.0 Å². The van der Waals surface area contributed by atoms with E-state index >= 15 is 0 Å². The molecule has 0 radical (unpaired) electrons. The fourth-order valence-electron chi connectivity index (χ4n) is 1.37. The van der Waals surface area contributed by atoms with Gasteiger partial charge in [0.05, 0.1) is 0 Å². The first-order valence-corrected chi connectivity index (χ1v) is 8.51. The fourth-order valence-corrected chi connectivity index (χ4v) is 2.87. The average Bonchev–Trinajstić information content (AvgIpc) is 2.83. The van der Waals surface area contributed by atoms with E-state index in [1.54, 1.807) is 11.8 Å². The van der Waals surface area contributed by atoms with Crippen LogP contribution in [0.4, 0.5) is 0 Å². The maximum atomic E-state index is 11.7. The number of furan rings is 1. The number of aldehydes is 1. The van der Waals surface area contributed by atoms with E-state index in [0.29, 0.717) is 12.8 Å². The lowest BCUT2D eigenvalue weighted by Gasteiger charge is -2.03. The molecule has 0 saturated carbocycles. The molecule has 0 aromatic carbocycles. The lowest BCUT2D eigenvalue weighted by molar-refractivity contribution is 0.109. The molecule has 0 atom stereocenters. The minimum atomic E-state index is -3.62. The standard InChI is InChI=1S/C11H17NO4S2/c1-17-8-4-2-3-7-12-18(14,15)11-6-5-10(9-13)16-11/h5-6,9,12H,2-4,7-8H2,1H3. The van der Waals surface area contributed by atoms with Crippen LogP contribution in [0.5, 0.6) is 0 Å². The van der Waals surface area contributed by atoms with Crippen LogP contribution in [-0.4, -0.2) is 33.3 Å². The van der Waals surface area contributed by atoms with Crippen molar-refractivity contribution < 1.29 is 17.6 Å². The van der Waals surface area contributed by atoms with Gasteiger partial charge in [-0.2, -0.15) is 11.8 Å². The molecule has 0 aliphatic rings. The first-order valence-electron chi connectivity index (χ1n) is 5.64. The number of hydrogen-bond acceptors (Lipinski definition) is 5. The number of carbonyl (C=O) groups excluding carboxylic acids is 1. The number of thioether (sulfide) groups is 1. The van der Waals surface area contributed by atoms with Crippen LogP contribution in [0.15, 0.2) is 21.6 Å². The Balaban J connectivity index is 2.38. The summed E-state index contributed by atoms with van der Waals surface area (Å²) >= 11 is 1.78. The van der Waals surface area contributed by atoms with Crippen molar-refractivity contribution in [2.24, 2.45) is 0 Å². The number of nitrogens with one attached hydrogen (secondary N) is 1. The summed E-state index contributed by atoms with van der Waals surface area (Å²) in [5, 5.41) is -0.214. The molecule has 0 amide bonds. The van der Waals surface area contributed by atoms with Crippen LogP contribution in [0.3, 0.4) is 0 Å². The second kappa shape index (κ2) is 7.60. The van der Waals surface area contributed by atoms with Gasteiger partial charge in [-0.25, -0.2) is 13.1 Å². The van der Waals surface area contributed by atoms with Crippen LogP contribution in [0.25, 0.3) is 0 Å². The molecule has 1 aromatic heterocycles. The number of hydrogen-bond donors (Lipinski definition) is 1. The second-order valence-corrected chi connectivity index (χ2v) is 6.41. The quantitative estimate of drug-likeness (QED) is 0.555. The van der Waals surface area contributed by atoms with E-state index in [1.165, 1.54) is 12.1 Å². The molecule has 5 nitrogen and oxygen atoms in total. The van der Waals surface area contributed by atoms with Crippen molar-refractivity contribution in [3.8, 4) is 0 Å². The van der Waals surface area contributed by atoms with E-state index in [0.717, 1.165) is 25.0 Å². The zero-order chi connectivity index (χ0) is 13.4. The SMILES string of the molecule is CSCCCCCNS(=O)(=O)c1ccc(C=O)o1. The Morgan fingerprint density at radius 2 is 2.11 bits per heavy atom. The molecule has 1 N–H and O–H groups in total. The van der Waals surface area contributed by atoms with Crippen LogP contribution in [0.2, 0.25) is 0 Å². The Kier molecular flexibility index (Phi) is 6.45. The van der Waals surface area contributed by atoms with Gasteiger partial charge in [-0.3, -0.25) is 4.79 Å². The van der Waals surface area contributed by atoms with Crippen molar-refractivity contribution in [3.63, 3.8) is 0 Å². The first-order chi connectivity index (χ1) is 8.60. The van der Waals surface area contributed by atoms with Crippen molar-refractivity contribution in [2.45, 2.75) is 24.4 Å². The van der Waals surface area contributed by atoms with E-state index in [-0.39, 0.29) is 10.9 Å². The molecule has 1 rings (SSSR count). The maximum Gasteiger partial charge on any atom is 0.273 e. The van der Waals surface area contributed by atoms with Gasteiger partial charge >= 0.3 is 0 Å². The molecule has 18 heavy (non-hydrogen) atoms. The smallest absolute Gasteiger partial charge is 0.273 e. The van der Waals surface area contributed by atoms with E-state index in [4.69, 9.17) is 4.42 Å². The lowest BCUT2D eigenvalue weighted by Crippen LogP contribution is -2.24. The summed E-state index contributed by atoms with van der Waals surface area (Å²) in [5.41, 5.74) is 0. The Labute approximate surface area is 111 Å². The molecule has 1 aromatic rings. The summed E-state index contributed by atoms with van der Waals surface area (Å²) in [5.74, 6) is 1.10. The van der Waals surface area contributed by atoms with Crippen molar-refractivity contribution in [1.29, 1.82) is 0 Å². The van der Waals surface area contributed by atoms with Gasteiger partial charge in [0, 0.05) is 6.54 Å². The second-order valence-electron chi connectivity index (χ2n) is 3.73. The average molecular weight is 291 g/mol. The van der Waals surface area contributed by atoms with Gasteiger partial charge in [0.15, 0.2) is 12.0 Å². The Hall–Kier alpha value is -0.790. The summed E-state index contributed by atoms with van der Waals surface area (Å²) in [6.07, 6.45) is 5.38. The maximum absolute atomic E-state index is 11.7. The zero-order valence-electron chi connectivity index (χ0n) is 10.2. The van der Waals surface area contributed by atoms with Crippen molar-refractivity contribution in [3.05, 3.63) is 17.9 Å². The van der Waals surface area contributed by atoms with Crippen molar-refractivity contribution in [2.75, 3.05) is 18.6 Å². The number of sulfonamides is 1. The van der Waals surface area contributed by atoms with Gasteiger partial charge in [0.25, 0.3) is 10.0 Å². The third-order valence-electron chi connectivity index (χ3n) is 2.30. The largest absolute Gasteiger partial charge is 0.440 e. The molecule has 0 aliphatic heterocycles. The van der Waals surface area contributed by atoms with Crippen LogP contribution in [-0.2, 0) is 10.0 Å². The fraction of sp³-hybridized carbons (Fsp3) is 0.545. The zero-order valence-corrected chi connectivity index (χ0v) is 11.9. The van der Waals surface area contributed by atoms with Gasteiger partial charge in [0.2, 0.25) is 5.09 Å². The van der Waals surface area contributed by atoms with Crippen LogP contribution in [0.1, 0.15) is 29.8 Å². The van der Waals surface area contributed by atoms with Gasteiger partial charge in [-0.15, -0.1) is 0 Å². The highest BCUT2D eigenvalue weighted by atomic mass is 32.2. The van der Waals surface area contributed by atoms with E-state index in [9.17, 15) is 13.2 Å². The number of unbranched alkanes of at least 4 members (excludes halogenated alkanes) is 2. The Morgan fingerprint density at radius 1 is 1.33 bits per heavy atom. The lowest BCUT2D eigenvalue weighted by atomic mass is 10.2. The van der Waals surface area contributed by atoms with Crippen molar-refractivity contribution >= 4 is 28.1 Å². The van der Waals surface area contributed by atoms with Gasteiger partial charge in [-0.1, -0.05) is 6.42 Å². The predicted octanol–water partition coefficient (Wildman–Crippen LogP) is 1.90. The van der Waals surface area contributed by atoms with Crippen molar-refractivity contribution in [1.82, 2.24) is 4.72 Å². The molecule has 0 unspecified atom stereocenters. The highest BCUT2D eigenvalue weighted by Gasteiger charge is 2.17. The molecule has 0 fully saturated rings. The summed E-state index contributed by atoms with van der Waals surface area (Å²) in [6, 6.07) is 2.61. The number of carbonyl (C=O) groups is 1. The summed E-state index contributed by atoms with van der Waals surface area (Å²) in [7, 11) is -3.62. The molecule has 1 heterocycles. The van der Waals surface area contributed by atoms with Gasteiger partial charge < -0.3 is 4.42 Å². The van der Waals surface area contributed by atoms with Crippen LogP contribution in [0, 0.1) is 0 Å². The minimum Gasteiger partial charge on any atom is -0.440 e. The van der Waals surface area contributed by atoms with Crippen LogP contribution >= 0.6 is 11.8 Å². The Bertz CT molecular complexity index is 467. The molecule has 7 heteroatoms. The molecular formula is C11H17NO4S2. The molecule has 0 spiro atoms. The predicted molar refractivity (Wildman–Crippen MR) is 71.5 cm³/mol. The van der Waals surface area contributed by atoms with Gasteiger partial charge in [0.1, 0.15) is 0 Å². The summed E-state index contributed by atoms with van der Waals surface area (Å²) in [4.78, 5) is 10.4. The first kappa shape index (κ1) is 15.3. The summed E-state index contributed by atoms with van der Waals surface area (Å²) in [6.45, 7) is 0.383. The number of rotatable bonds is 9. The monoisotopic (exact) mass is 291 g/mol. The summed E-state index contributed by atoms with van der Waals surface area (Å²) < 4.78 is 30.8. The topological polar surface area (TPSA) is 76.4 Å². The van der Waals surface area contributed by atoms with E-state index < -0.39 is 10.0 Å². The van der Waals surface area contributed by atoms with Crippen LogP contribution < -0.4 is 4.72 Å². The van der Waals surface area contributed by atoms with E-state index in [2.05, 4.69) is 4.72 Å². The molecule has 0 aliphatic carbocycles. The molecular weight excluding hydrogens is 274 g/mol. The third-order valence-corrected chi connectivity index (χ3v) is 4.33. The molecule has 0 saturated heterocycles. The normalized spacial score (nSPS) is 11.6.